The molecule has 0 saturated carbocycles. The van der Waals surface area contributed by atoms with Crippen LogP contribution in [0.4, 0.5) is 34.5 Å². The predicted molar refractivity (Wildman–Crippen MR) is 184 cm³/mol. The highest BCUT2D eigenvalue weighted by atomic mass is 16.5. The van der Waals surface area contributed by atoms with Crippen molar-refractivity contribution < 1.29 is 19.1 Å². The number of fused-ring (bicyclic) bond motifs is 1. The monoisotopic (exact) mass is 628 g/mol. The molecule has 0 unspecified atom stereocenters. The van der Waals surface area contributed by atoms with E-state index < -0.39 is 5.97 Å². The molecule has 1 aliphatic rings. The Hall–Kier alpha value is -4.97. The number of likely N-dealkylation sites (N-methyl/N-ethyl adjacent to an activating group) is 2. The normalized spacial score (nSPS) is 13.3. The maximum Gasteiger partial charge on any atom is 0.343 e. The molecule has 0 spiro atoms. The number of rotatable bonds is 13. The lowest BCUT2D eigenvalue weighted by atomic mass is 9.91. The lowest BCUT2D eigenvalue weighted by Gasteiger charge is -2.26. The molecule has 2 N–H and O–H groups in total. The third kappa shape index (κ3) is 7.45. The van der Waals surface area contributed by atoms with Crippen LogP contribution in [0.25, 0.3) is 6.08 Å². The van der Waals surface area contributed by atoms with Crippen molar-refractivity contribution in [3.63, 3.8) is 0 Å². The number of carbonyl (C=O) groups excluding carboxylic acids is 2. The molecule has 4 rings (SSSR count). The summed E-state index contributed by atoms with van der Waals surface area (Å²) >= 11 is 0. The Morgan fingerprint density at radius 2 is 1.85 bits per heavy atom. The Balaban J connectivity index is 1.81. The van der Waals surface area contributed by atoms with E-state index in [0.717, 1.165) is 29.3 Å². The number of carbonyl (C=O) groups is 2. The summed E-state index contributed by atoms with van der Waals surface area (Å²) in [6.07, 6.45) is 4.05. The Morgan fingerprint density at radius 3 is 2.48 bits per heavy atom. The first-order valence-electron chi connectivity index (χ1n) is 15.1. The molecule has 2 aromatic heterocycles. The number of pyridine rings is 1. The van der Waals surface area contributed by atoms with Crippen LogP contribution in [0.15, 0.2) is 49.7 Å². The highest BCUT2D eigenvalue weighted by molar-refractivity contribution is 6.02. The van der Waals surface area contributed by atoms with Gasteiger partial charge in [-0.05, 0) is 58.3 Å². The zero-order chi connectivity index (χ0) is 33.8. The van der Waals surface area contributed by atoms with Gasteiger partial charge >= 0.3 is 5.97 Å². The molecule has 3 heterocycles. The van der Waals surface area contributed by atoms with Crippen molar-refractivity contribution in [3.05, 3.63) is 66.6 Å². The second-order valence-corrected chi connectivity index (χ2v) is 12.3. The van der Waals surface area contributed by atoms with Crippen molar-refractivity contribution in [2.24, 2.45) is 0 Å². The Bertz CT molecular complexity index is 1640. The largest absolute Gasteiger partial charge is 0.494 e. The summed E-state index contributed by atoms with van der Waals surface area (Å²) < 4.78 is 11.3. The van der Waals surface area contributed by atoms with Gasteiger partial charge in [-0.25, -0.2) is 9.78 Å². The molecule has 1 amide bonds. The summed E-state index contributed by atoms with van der Waals surface area (Å²) in [5.41, 5.74) is 4.16. The van der Waals surface area contributed by atoms with E-state index in [-0.39, 0.29) is 28.9 Å². The third-order valence-corrected chi connectivity index (χ3v) is 7.48. The molecule has 0 aliphatic carbocycles. The number of methoxy groups -OCH3 is 1. The van der Waals surface area contributed by atoms with E-state index in [0.29, 0.717) is 36.0 Å². The SMILES string of the molecule is C=CC(=O)Nc1cc(Nc2ncc(C(=O)OC(C)C)c(N3CC(C)(C)c4nc(C=C)ccc43)n2)c(OC)cc1N(C)CCN(C)C. The summed E-state index contributed by atoms with van der Waals surface area (Å²) in [7, 11) is 7.51. The molecule has 46 heavy (non-hydrogen) atoms. The average molecular weight is 629 g/mol. The van der Waals surface area contributed by atoms with E-state index in [1.165, 1.54) is 12.3 Å². The predicted octanol–water partition coefficient (Wildman–Crippen LogP) is 5.38. The number of amides is 1. The van der Waals surface area contributed by atoms with Gasteiger partial charge in [0.1, 0.15) is 11.3 Å². The minimum atomic E-state index is -0.532. The van der Waals surface area contributed by atoms with Gasteiger partial charge in [-0.2, -0.15) is 4.98 Å². The summed E-state index contributed by atoms with van der Waals surface area (Å²) in [6, 6.07) is 7.45. The van der Waals surface area contributed by atoms with Crippen LogP contribution in [0, 0.1) is 0 Å². The van der Waals surface area contributed by atoms with E-state index in [1.807, 2.05) is 49.1 Å². The standard InChI is InChI=1S/C34H44N8O4/c1-11-22-13-14-26-30(36-22)34(5,6)20-42(26)31-23(32(44)46-21(3)4)19-35-33(39-31)38-25-17-24(37-29(43)12-2)27(18-28(25)45-10)41(9)16-15-40(7)8/h11-14,17-19,21H,1-2,15-16,20H2,3-10H3,(H,37,43)(H,35,38,39). The molecule has 0 atom stereocenters. The van der Waals surface area contributed by atoms with Crippen LogP contribution in [0.5, 0.6) is 5.75 Å². The molecule has 0 saturated heterocycles. The van der Waals surface area contributed by atoms with Crippen molar-refractivity contribution in [3.8, 4) is 5.75 Å². The molecule has 12 heteroatoms. The van der Waals surface area contributed by atoms with Crippen molar-refractivity contribution in [2.45, 2.75) is 39.2 Å². The molecule has 244 valence electrons. The van der Waals surface area contributed by atoms with Crippen LogP contribution >= 0.6 is 0 Å². The van der Waals surface area contributed by atoms with Gasteiger partial charge in [-0.15, -0.1) is 0 Å². The number of esters is 1. The Labute approximate surface area is 271 Å². The Kier molecular flexibility index (Phi) is 10.3. The quantitative estimate of drug-likeness (QED) is 0.187. The van der Waals surface area contributed by atoms with E-state index in [9.17, 15) is 9.59 Å². The topological polar surface area (TPSA) is 125 Å². The van der Waals surface area contributed by atoms with Gasteiger partial charge < -0.3 is 34.8 Å². The highest BCUT2D eigenvalue weighted by Gasteiger charge is 2.40. The fraction of sp³-hybridized carbons (Fsp3) is 0.382. The molecule has 0 radical (unpaired) electrons. The van der Waals surface area contributed by atoms with Gasteiger partial charge in [-0.1, -0.05) is 27.0 Å². The number of nitrogens with zero attached hydrogens (tertiary/aromatic N) is 6. The molecule has 1 aliphatic heterocycles. The fourth-order valence-electron chi connectivity index (χ4n) is 5.13. The van der Waals surface area contributed by atoms with Gasteiger partial charge in [0.05, 0.1) is 47.4 Å². The van der Waals surface area contributed by atoms with Gasteiger partial charge in [0.15, 0.2) is 5.82 Å². The van der Waals surface area contributed by atoms with Gasteiger partial charge in [0, 0.05) is 44.4 Å². The lowest BCUT2D eigenvalue weighted by Crippen LogP contribution is -2.29. The van der Waals surface area contributed by atoms with Gasteiger partial charge in [0.25, 0.3) is 0 Å². The van der Waals surface area contributed by atoms with Crippen LogP contribution < -0.4 is 25.2 Å². The minimum Gasteiger partial charge on any atom is -0.494 e. The number of anilines is 6. The van der Waals surface area contributed by atoms with Crippen LogP contribution in [-0.2, 0) is 14.9 Å². The number of hydrogen-bond donors (Lipinski definition) is 2. The van der Waals surface area contributed by atoms with Crippen molar-refractivity contribution >= 4 is 52.5 Å². The van der Waals surface area contributed by atoms with E-state index in [4.69, 9.17) is 19.4 Å². The van der Waals surface area contributed by atoms with Crippen LogP contribution in [-0.4, -0.2) is 85.7 Å². The second kappa shape index (κ2) is 14.0. The maximum absolute atomic E-state index is 13.3. The molecule has 1 aromatic carbocycles. The maximum atomic E-state index is 13.3. The first-order valence-corrected chi connectivity index (χ1v) is 15.1. The third-order valence-electron chi connectivity index (χ3n) is 7.48. The van der Waals surface area contributed by atoms with E-state index >= 15 is 0 Å². The number of ether oxygens (including phenoxy) is 2. The first kappa shape index (κ1) is 33.9. The molecule has 12 nitrogen and oxygen atoms in total. The fourth-order valence-corrected chi connectivity index (χ4v) is 5.13. The van der Waals surface area contributed by atoms with Crippen molar-refractivity contribution in [2.75, 3.05) is 68.3 Å². The molecular weight excluding hydrogens is 584 g/mol. The van der Waals surface area contributed by atoms with E-state index in [2.05, 4.69) is 47.5 Å². The average Bonchev–Trinajstić information content (AvgIpc) is 3.28. The highest BCUT2D eigenvalue weighted by Crippen LogP contribution is 2.44. The first-order chi connectivity index (χ1) is 21.8. The zero-order valence-corrected chi connectivity index (χ0v) is 28.0. The summed E-state index contributed by atoms with van der Waals surface area (Å²) in [5, 5.41) is 6.15. The number of aromatic nitrogens is 3. The second-order valence-electron chi connectivity index (χ2n) is 12.3. The van der Waals surface area contributed by atoms with Crippen LogP contribution in [0.1, 0.15) is 49.4 Å². The molecular formula is C34H44N8O4. The van der Waals surface area contributed by atoms with Gasteiger partial charge in [0.2, 0.25) is 11.9 Å². The number of nitrogens with one attached hydrogen (secondary N) is 2. The van der Waals surface area contributed by atoms with Gasteiger partial charge in [-0.3, -0.25) is 9.78 Å². The number of hydrogen-bond acceptors (Lipinski definition) is 11. The summed E-state index contributed by atoms with van der Waals surface area (Å²) in [4.78, 5) is 46.0. The molecule has 0 bridgehead atoms. The van der Waals surface area contributed by atoms with Crippen molar-refractivity contribution in [1.29, 1.82) is 0 Å². The van der Waals surface area contributed by atoms with Crippen LogP contribution in [0.3, 0.4) is 0 Å². The minimum absolute atomic E-state index is 0.214. The summed E-state index contributed by atoms with van der Waals surface area (Å²) in [5.74, 6) is 0.211. The molecule has 0 fully saturated rings. The molecule has 3 aromatic rings. The number of benzene rings is 1. The Morgan fingerprint density at radius 1 is 1.11 bits per heavy atom. The van der Waals surface area contributed by atoms with E-state index in [1.54, 1.807) is 33.1 Å². The smallest absolute Gasteiger partial charge is 0.343 e. The summed E-state index contributed by atoms with van der Waals surface area (Å²) in [6.45, 7) is 17.3. The lowest BCUT2D eigenvalue weighted by molar-refractivity contribution is -0.111. The van der Waals surface area contributed by atoms with Crippen LogP contribution in [0.2, 0.25) is 0 Å². The van der Waals surface area contributed by atoms with Crippen molar-refractivity contribution in [1.82, 2.24) is 19.9 Å². The zero-order valence-electron chi connectivity index (χ0n) is 28.0.